The molecule has 0 aromatic heterocycles. The van der Waals surface area contributed by atoms with Crippen LogP contribution in [0.25, 0.3) is 0 Å². The number of halogens is 3. The molecule has 20 heavy (non-hydrogen) atoms. The summed E-state index contributed by atoms with van der Waals surface area (Å²) in [6.45, 7) is 0. The van der Waals surface area contributed by atoms with Crippen molar-refractivity contribution in [1.29, 1.82) is 0 Å². The van der Waals surface area contributed by atoms with Gasteiger partial charge in [0.1, 0.15) is 5.82 Å². The van der Waals surface area contributed by atoms with E-state index >= 15 is 0 Å². The van der Waals surface area contributed by atoms with Crippen molar-refractivity contribution < 1.29 is 9.31 Å². The first kappa shape index (κ1) is 14.5. The van der Waals surface area contributed by atoms with Crippen molar-refractivity contribution in [2.24, 2.45) is 0 Å². The van der Waals surface area contributed by atoms with Crippen LogP contribution in [-0.2, 0) is 0 Å². The first-order chi connectivity index (χ1) is 9.36. The van der Waals surface area contributed by atoms with Gasteiger partial charge in [0.25, 0.3) is 5.69 Å². The van der Waals surface area contributed by atoms with E-state index in [1.807, 2.05) is 0 Å². The zero-order chi connectivity index (χ0) is 14.9. The summed E-state index contributed by atoms with van der Waals surface area (Å²) in [6.07, 6.45) is 0. The smallest absolute Gasteiger partial charge is 0.273 e. The summed E-state index contributed by atoms with van der Waals surface area (Å²) in [4.78, 5) is 10.2. The van der Waals surface area contributed by atoms with Crippen LogP contribution in [0.15, 0.2) is 34.8 Å². The van der Waals surface area contributed by atoms with Crippen LogP contribution in [0.5, 0.6) is 0 Å². The summed E-state index contributed by atoms with van der Waals surface area (Å²) >= 11 is 9.10. The average Bonchev–Trinajstić information content (AvgIpc) is 2.33. The van der Waals surface area contributed by atoms with Gasteiger partial charge < -0.3 is 11.1 Å². The number of hydrogen-bond donors (Lipinski definition) is 2. The Morgan fingerprint density at radius 1 is 1.30 bits per heavy atom. The van der Waals surface area contributed by atoms with E-state index in [1.165, 1.54) is 24.3 Å². The molecule has 0 aliphatic carbocycles. The maximum Gasteiger partial charge on any atom is 0.273 e. The lowest BCUT2D eigenvalue weighted by Crippen LogP contribution is -1.97. The average molecular weight is 361 g/mol. The minimum Gasteiger partial charge on any atom is -0.398 e. The van der Waals surface area contributed by atoms with Crippen molar-refractivity contribution in [3.8, 4) is 0 Å². The second-order valence-electron chi connectivity index (χ2n) is 3.94. The summed E-state index contributed by atoms with van der Waals surface area (Å²) in [5.74, 6) is -0.494. The van der Waals surface area contributed by atoms with Gasteiger partial charge in [0.15, 0.2) is 0 Å². The Kier molecular flexibility index (Phi) is 4.10. The molecular formula is C12H8BrClFN3O2. The van der Waals surface area contributed by atoms with E-state index in [-0.39, 0.29) is 16.4 Å². The molecule has 0 spiro atoms. The van der Waals surface area contributed by atoms with Crippen LogP contribution in [-0.4, -0.2) is 4.92 Å². The van der Waals surface area contributed by atoms with Crippen LogP contribution in [0.3, 0.4) is 0 Å². The van der Waals surface area contributed by atoms with Crippen molar-refractivity contribution in [3.63, 3.8) is 0 Å². The van der Waals surface area contributed by atoms with Crippen LogP contribution in [0.1, 0.15) is 0 Å². The van der Waals surface area contributed by atoms with Crippen LogP contribution >= 0.6 is 27.5 Å². The maximum absolute atomic E-state index is 13.1. The predicted octanol–water partition coefficient (Wildman–Crippen LogP) is 4.48. The Labute approximate surface area is 126 Å². The minimum atomic E-state index is -0.553. The molecule has 0 atom stereocenters. The zero-order valence-electron chi connectivity index (χ0n) is 9.86. The molecule has 2 rings (SSSR count). The number of anilines is 3. The quantitative estimate of drug-likeness (QED) is 0.480. The SMILES string of the molecule is Nc1cc(Nc2c(Cl)cc(F)cc2Br)cc([N+](=O)[O-])c1. The number of nitrogens with one attached hydrogen (secondary N) is 1. The van der Waals surface area contributed by atoms with Gasteiger partial charge >= 0.3 is 0 Å². The van der Waals surface area contributed by atoms with Crippen LogP contribution < -0.4 is 11.1 Å². The third-order valence-corrected chi connectivity index (χ3v) is 3.35. The maximum atomic E-state index is 13.1. The van der Waals surface area contributed by atoms with Crippen molar-refractivity contribution in [2.75, 3.05) is 11.1 Å². The highest BCUT2D eigenvalue weighted by Crippen LogP contribution is 2.35. The van der Waals surface area contributed by atoms with Gasteiger partial charge in [0.05, 0.1) is 15.6 Å². The fourth-order valence-electron chi connectivity index (χ4n) is 1.62. The molecule has 0 saturated carbocycles. The molecule has 0 amide bonds. The van der Waals surface area contributed by atoms with Crippen molar-refractivity contribution >= 4 is 50.3 Å². The lowest BCUT2D eigenvalue weighted by atomic mass is 10.2. The second-order valence-corrected chi connectivity index (χ2v) is 5.20. The molecule has 0 saturated heterocycles. The van der Waals surface area contributed by atoms with Gasteiger partial charge in [0, 0.05) is 28.0 Å². The number of hydrogen-bond acceptors (Lipinski definition) is 4. The number of nitrogen functional groups attached to an aromatic ring is 1. The highest BCUT2D eigenvalue weighted by molar-refractivity contribution is 9.10. The van der Waals surface area contributed by atoms with Crippen LogP contribution in [0.4, 0.5) is 27.1 Å². The molecule has 0 bridgehead atoms. The molecule has 3 N–H and O–H groups in total. The fourth-order valence-corrected chi connectivity index (χ4v) is 2.52. The number of nitro groups is 1. The van der Waals surface area contributed by atoms with E-state index in [9.17, 15) is 14.5 Å². The fraction of sp³-hybridized carbons (Fsp3) is 0. The Hall–Kier alpha value is -1.86. The van der Waals surface area contributed by atoms with Gasteiger partial charge in [-0.15, -0.1) is 0 Å². The first-order valence-electron chi connectivity index (χ1n) is 5.33. The molecule has 0 unspecified atom stereocenters. The van der Waals surface area contributed by atoms with Crippen molar-refractivity contribution in [2.45, 2.75) is 0 Å². The van der Waals surface area contributed by atoms with E-state index < -0.39 is 10.7 Å². The van der Waals surface area contributed by atoms with E-state index in [2.05, 4.69) is 21.2 Å². The predicted molar refractivity (Wildman–Crippen MR) is 79.9 cm³/mol. The number of nitrogens with zero attached hydrogens (tertiary/aromatic N) is 1. The molecule has 0 fully saturated rings. The molecular weight excluding hydrogens is 353 g/mol. The molecule has 2 aromatic rings. The standard InChI is InChI=1S/C12H8BrClFN3O2/c13-10-1-6(15)2-11(14)12(10)17-8-3-7(16)4-9(5-8)18(19)20/h1-5,17H,16H2. The summed E-state index contributed by atoms with van der Waals surface area (Å²) in [5, 5.41) is 13.8. The van der Waals surface area contributed by atoms with E-state index in [4.69, 9.17) is 17.3 Å². The number of benzene rings is 2. The number of rotatable bonds is 3. The van der Waals surface area contributed by atoms with Gasteiger partial charge in [-0.25, -0.2) is 4.39 Å². The van der Waals surface area contributed by atoms with Crippen molar-refractivity contribution in [3.05, 3.63) is 55.8 Å². The molecule has 104 valence electrons. The van der Waals surface area contributed by atoms with Crippen LogP contribution in [0.2, 0.25) is 5.02 Å². The van der Waals surface area contributed by atoms with Crippen LogP contribution in [0, 0.1) is 15.9 Å². The summed E-state index contributed by atoms with van der Waals surface area (Å²) in [6, 6.07) is 6.43. The molecule has 0 radical (unpaired) electrons. The van der Waals surface area contributed by atoms with E-state index in [1.54, 1.807) is 0 Å². The van der Waals surface area contributed by atoms with Gasteiger partial charge in [0.2, 0.25) is 0 Å². The Balaban J connectivity index is 2.42. The number of nitrogens with two attached hydrogens (primary N) is 1. The molecule has 2 aromatic carbocycles. The van der Waals surface area contributed by atoms with Gasteiger partial charge in [-0.2, -0.15) is 0 Å². The lowest BCUT2D eigenvalue weighted by molar-refractivity contribution is -0.384. The third kappa shape index (κ3) is 3.17. The summed E-state index contributed by atoms with van der Waals surface area (Å²) in [7, 11) is 0. The number of non-ortho nitro benzene ring substituents is 1. The first-order valence-corrected chi connectivity index (χ1v) is 6.50. The summed E-state index contributed by atoms with van der Waals surface area (Å²) < 4.78 is 13.5. The summed E-state index contributed by atoms with van der Waals surface area (Å²) in [5.41, 5.74) is 6.46. The number of nitro benzene ring substituents is 1. The van der Waals surface area contributed by atoms with Crippen molar-refractivity contribution in [1.82, 2.24) is 0 Å². The molecule has 0 aliphatic rings. The normalized spacial score (nSPS) is 10.3. The lowest BCUT2D eigenvalue weighted by Gasteiger charge is -2.11. The monoisotopic (exact) mass is 359 g/mol. The molecule has 0 heterocycles. The topological polar surface area (TPSA) is 81.2 Å². The minimum absolute atomic E-state index is 0.141. The van der Waals surface area contributed by atoms with Gasteiger partial charge in [-0.1, -0.05) is 11.6 Å². The highest BCUT2D eigenvalue weighted by Gasteiger charge is 2.12. The Morgan fingerprint density at radius 3 is 2.60 bits per heavy atom. The molecule has 0 aliphatic heterocycles. The zero-order valence-corrected chi connectivity index (χ0v) is 12.2. The van der Waals surface area contributed by atoms with E-state index in [0.717, 1.165) is 6.07 Å². The molecule has 5 nitrogen and oxygen atoms in total. The van der Waals surface area contributed by atoms with Gasteiger partial charge in [-0.05, 0) is 34.1 Å². The van der Waals surface area contributed by atoms with Gasteiger partial charge in [-0.3, -0.25) is 10.1 Å². The largest absolute Gasteiger partial charge is 0.398 e. The third-order valence-electron chi connectivity index (χ3n) is 2.43. The second kappa shape index (κ2) is 5.64. The molecule has 8 heteroatoms. The Morgan fingerprint density at radius 2 is 2.00 bits per heavy atom. The highest BCUT2D eigenvalue weighted by atomic mass is 79.9. The Bertz CT molecular complexity index is 673. The van der Waals surface area contributed by atoms with E-state index in [0.29, 0.717) is 15.8 Å².